The van der Waals surface area contributed by atoms with Crippen LogP contribution in [-0.4, -0.2) is 6.71 Å². The van der Waals surface area contributed by atoms with Crippen molar-refractivity contribution in [2.45, 2.75) is 0 Å². The number of fused-ring (bicyclic) bond motifs is 8. The van der Waals surface area contributed by atoms with Crippen molar-refractivity contribution in [1.29, 1.82) is 0 Å². The van der Waals surface area contributed by atoms with Crippen LogP contribution >= 0.6 is 0 Å². The summed E-state index contributed by atoms with van der Waals surface area (Å²) in [5.74, 6) is 1.74. The van der Waals surface area contributed by atoms with Crippen molar-refractivity contribution >= 4 is 55.4 Å². The molecule has 2 heteroatoms. The molecule has 10 rings (SSSR count). The minimum Gasteiger partial charge on any atom is -0.458 e. The van der Waals surface area contributed by atoms with Gasteiger partial charge >= 0.3 is 0 Å². The third-order valence-electron chi connectivity index (χ3n) is 10.3. The van der Waals surface area contributed by atoms with Crippen LogP contribution in [0.3, 0.4) is 0 Å². The van der Waals surface area contributed by atoms with Gasteiger partial charge in [-0.05, 0) is 107 Å². The van der Waals surface area contributed by atoms with E-state index in [2.05, 4.69) is 164 Å². The topological polar surface area (TPSA) is 9.23 Å². The van der Waals surface area contributed by atoms with Gasteiger partial charge in [0.25, 0.3) is 6.71 Å². The number of ether oxygens (including phenoxy) is 1. The molecule has 1 aliphatic heterocycles. The lowest BCUT2D eigenvalue weighted by atomic mass is 9.36. The Kier molecular flexibility index (Phi) is 6.42. The number of benzene rings is 9. The Bertz CT molecular complexity index is 2770. The maximum Gasteiger partial charge on any atom is 0.250 e. The van der Waals surface area contributed by atoms with Crippen LogP contribution in [0.1, 0.15) is 1.37 Å². The fourth-order valence-corrected chi connectivity index (χ4v) is 7.91. The predicted molar refractivity (Wildman–Crippen MR) is 213 cm³/mol. The smallest absolute Gasteiger partial charge is 0.250 e. The predicted octanol–water partition coefficient (Wildman–Crippen LogP) is 10.8. The molecule has 0 aliphatic carbocycles. The number of rotatable bonds is 4. The van der Waals surface area contributed by atoms with E-state index in [1.807, 2.05) is 18.2 Å². The van der Waals surface area contributed by atoms with Crippen molar-refractivity contribution in [2.75, 3.05) is 0 Å². The second-order valence-corrected chi connectivity index (χ2v) is 13.2. The van der Waals surface area contributed by atoms with Crippen molar-refractivity contribution in [3.63, 3.8) is 0 Å². The molecule has 1 aliphatic rings. The molecule has 9 aromatic rings. The van der Waals surface area contributed by atoms with Gasteiger partial charge in [-0.2, -0.15) is 0 Å². The first-order chi connectivity index (χ1) is 25.2. The summed E-state index contributed by atoms with van der Waals surface area (Å²) >= 11 is 0. The van der Waals surface area contributed by atoms with Crippen molar-refractivity contribution in [3.05, 3.63) is 188 Å². The van der Waals surface area contributed by atoms with Gasteiger partial charge < -0.3 is 4.74 Å². The summed E-state index contributed by atoms with van der Waals surface area (Å²) in [5, 5.41) is 7.63. The van der Waals surface area contributed by atoms with E-state index in [-0.39, 0.29) is 6.71 Å². The number of para-hydroxylation sites is 1. The number of hydrogen-bond acceptors (Lipinski definition) is 1. The summed E-state index contributed by atoms with van der Waals surface area (Å²) < 4.78 is 15.4. The van der Waals surface area contributed by atoms with E-state index in [0.717, 1.165) is 44.8 Å². The summed E-state index contributed by atoms with van der Waals surface area (Å²) in [7, 11) is 0. The van der Waals surface area contributed by atoms with E-state index < -0.39 is 0 Å². The summed E-state index contributed by atoms with van der Waals surface area (Å²) in [6.45, 7) is 0.0906. The molecule has 0 saturated carbocycles. The average molecular weight is 636 g/mol. The van der Waals surface area contributed by atoms with Crippen LogP contribution in [0.2, 0.25) is 0 Å². The molecule has 0 fully saturated rings. The van der Waals surface area contributed by atoms with E-state index >= 15 is 0 Å². The summed E-state index contributed by atoms with van der Waals surface area (Å²) in [4.78, 5) is 0. The van der Waals surface area contributed by atoms with Crippen molar-refractivity contribution in [1.82, 2.24) is 0 Å². The molecule has 0 spiro atoms. The Morgan fingerprint density at radius 2 is 0.840 bits per heavy atom. The van der Waals surface area contributed by atoms with Crippen molar-refractivity contribution in [2.24, 2.45) is 0 Å². The highest BCUT2D eigenvalue weighted by molar-refractivity contribution is 6.96. The first-order valence-electron chi connectivity index (χ1n) is 17.7. The monoisotopic (exact) mass is 635 g/mol. The first kappa shape index (κ1) is 27.6. The summed E-state index contributed by atoms with van der Waals surface area (Å²) in [6.07, 6.45) is 0. The quantitative estimate of drug-likeness (QED) is 0.138. The normalized spacial score (nSPS) is 12.4. The molecule has 0 atom stereocenters. The Morgan fingerprint density at radius 1 is 0.340 bits per heavy atom. The largest absolute Gasteiger partial charge is 0.458 e. The van der Waals surface area contributed by atoms with Gasteiger partial charge in [-0.1, -0.05) is 163 Å². The third-order valence-corrected chi connectivity index (χ3v) is 10.3. The van der Waals surface area contributed by atoms with Crippen LogP contribution in [0.15, 0.2) is 188 Å². The van der Waals surface area contributed by atoms with Gasteiger partial charge in [-0.25, -0.2) is 0 Å². The second kappa shape index (κ2) is 11.6. The minimum absolute atomic E-state index is 0.0906. The Morgan fingerprint density at radius 3 is 1.54 bits per heavy atom. The molecule has 232 valence electrons. The molecule has 0 bridgehead atoms. The van der Waals surface area contributed by atoms with Crippen LogP contribution in [0.4, 0.5) is 0 Å². The highest BCUT2D eigenvalue weighted by Crippen LogP contribution is 2.38. The summed E-state index contributed by atoms with van der Waals surface area (Å²) in [6, 6.07) is 65.0. The summed E-state index contributed by atoms with van der Waals surface area (Å²) in [5.41, 5.74) is 10.0. The molecular formula is C48H31BO. The molecule has 50 heavy (non-hydrogen) atoms. The lowest BCUT2D eigenvalue weighted by Gasteiger charge is -2.27. The van der Waals surface area contributed by atoms with Crippen molar-refractivity contribution in [3.8, 4) is 44.9 Å². The molecule has 0 saturated heterocycles. The number of hydrogen-bond donors (Lipinski definition) is 0. The zero-order chi connectivity index (χ0) is 33.9. The molecule has 9 aromatic carbocycles. The van der Waals surface area contributed by atoms with Crippen LogP contribution in [0.25, 0.3) is 65.7 Å². The second-order valence-electron chi connectivity index (χ2n) is 13.2. The SMILES string of the molecule is [2H]c1cc(-c2cccc(-c3ccc4c5ccccc5c5ccccc5c4c3)c2)cc(-c2ccc3c(c2)Oc2ccccc2B3c2ccccc2)c1. The Labute approximate surface area is 293 Å². The molecule has 0 N–H and O–H groups in total. The van der Waals surface area contributed by atoms with E-state index in [9.17, 15) is 0 Å². The molecular weight excluding hydrogens is 603 g/mol. The maximum atomic E-state index is 8.82. The first-order valence-corrected chi connectivity index (χ1v) is 17.2. The zero-order valence-electron chi connectivity index (χ0n) is 28.3. The van der Waals surface area contributed by atoms with Gasteiger partial charge in [0.05, 0.1) is 1.37 Å². The Hall–Kier alpha value is -6.38. The molecule has 0 unspecified atom stereocenters. The maximum absolute atomic E-state index is 8.82. The van der Waals surface area contributed by atoms with Gasteiger partial charge in [-0.15, -0.1) is 0 Å². The van der Waals surface area contributed by atoms with E-state index in [1.54, 1.807) is 0 Å². The van der Waals surface area contributed by atoms with Gasteiger partial charge in [0.1, 0.15) is 11.5 Å². The van der Waals surface area contributed by atoms with Crippen LogP contribution in [0, 0.1) is 0 Å². The fraction of sp³-hybridized carbons (Fsp3) is 0. The zero-order valence-corrected chi connectivity index (χ0v) is 27.3. The average Bonchev–Trinajstić information content (AvgIpc) is 3.20. The van der Waals surface area contributed by atoms with Crippen molar-refractivity contribution < 1.29 is 6.11 Å². The van der Waals surface area contributed by atoms with Gasteiger partial charge in [0, 0.05) is 0 Å². The van der Waals surface area contributed by atoms with E-state index in [4.69, 9.17) is 6.11 Å². The van der Waals surface area contributed by atoms with E-state index in [0.29, 0.717) is 6.04 Å². The van der Waals surface area contributed by atoms with Crippen LogP contribution < -0.4 is 21.1 Å². The third kappa shape index (κ3) is 4.72. The molecule has 1 heterocycles. The lowest BCUT2D eigenvalue weighted by molar-refractivity contribution is 0.487. The molecule has 0 aromatic heterocycles. The highest BCUT2D eigenvalue weighted by Gasteiger charge is 2.32. The van der Waals surface area contributed by atoms with Gasteiger partial charge in [0.15, 0.2) is 0 Å². The highest BCUT2D eigenvalue weighted by atomic mass is 16.5. The molecule has 0 radical (unpaired) electrons. The minimum atomic E-state index is 0.0906. The van der Waals surface area contributed by atoms with E-state index in [1.165, 1.54) is 48.8 Å². The van der Waals surface area contributed by atoms with Gasteiger partial charge in [-0.3, -0.25) is 0 Å². The standard InChI is InChI=1S/C48H31BO/c1-2-16-38(17-3-1)49-45-22-8-9-23-47(45)50-48-31-37(25-27-46(48)49)35-15-11-13-33(29-35)32-12-10-14-34(28-32)36-24-26-43-41-20-5-4-18-39(41)40-19-6-7-21-42(40)44(43)30-36/h1-31H/i11D. The molecule has 0 amide bonds. The van der Waals surface area contributed by atoms with Crippen LogP contribution in [-0.2, 0) is 0 Å². The fourth-order valence-electron chi connectivity index (χ4n) is 7.91. The molecule has 1 nitrogen and oxygen atoms in total. The van der Waals surface area contributed by atoms with Gasteiger partial charge in [0.2, 0.25) is 0 Å². The Balaban J connectivity index is 1.04. The van der Waals surface area contributed by atoms with Crippen LogP contribution in [0.5, 0.6) is 11.5 Å². The lowest BCUT2D eigenvalue weighted by Crippen LogP contribution is -2.54.